The number of aromatic hydroxyl groups is 2. The van der Waals surface area contributed by atoms with Crippen molar-refractivity contribution in [1.29, 1.82) is 0 Å². The normalized spacial score (nSPS) is 12.2. The van der Waals surface area contributed by atoms with Crippen molar-refractivity contribution in [2.75, 3.05) is 0 Å². The molecular formula is C15H18N2O2. The first-order valence-corrected chi connectivity index (χ1v) is 6.14. The SMILES string of the molecule is C=C/C=c1/nc2cc(O)c(O)cc2n/c1=C/C.CC. The summed E-state index contributed by atoms with van der Waals surface area (Å²) in [6, 6.07) is 2.78. The predicted molar refractivity (Wildman–Crippen MR) is 78.3 cm³/mol. The van der Waals surface area contributed by atoms with Crippen molar-refractivity contribution in [2.24, 2.45) is 0 Å². The van der Waals surface area contributed by atoms with Crippen molar-refractivity contribution in [3.8, 4) is 11.5 Å². The first-order valence-electron chi connectivity index (χ1n) is 6.14. The van der Waals surface area contributed by atoms with Gasteiger partial charge in [-0.15, -0.1) is 0 Å². The quantitative estimate of drug-likeness (QED) is 0.766. The van der Waals surface area contributed by atoms with Crippen molar-refractivity contribution in [1.82, 2.24) is 9.97 Å². The zero-order chi connectivity index (χ0) is 14.4. The molecule has 100 valence electrons. The number of rotatable bonds is 1. The van der Waals surface area contributed by atoms with Gasteiger partial charge >= 0.3 is 0 Å². The van der Waals surface area contributed by atoms with Crippen molar-refractivity contribution in [3.63, 3.8) is 0 Å². The molecule has 0 unspecified atom stereocenters. The summed E-state index contributed by atoms with van der Waals surface area (Å²) in [6.07, 6.45) is 5.19. The lowest BCUT2D eigenvalue weighted by atomic mass is 10.2. The smallest absolute Gasteiger partial charge is 0.159 e. The molecule has 0 amide bonds. The fourth-order valence-corrected chi connectivity index (χ4v) is 1.55. The molecule has 0 aliphatic heterocycles. The number of phenolic OH excluding ortho intramolecular Hbond substituents is 2. The molecule has 1 heterocycles. The van der Waals surface area contributed by atoms with E-state index in [0.29, 0.717) is 21.7 Å². The molecule has 1 aromatic heterocycles. The number of hydrogen-bond donors (Lipinski definition) is 2. The van der Waals surface area contributed by atoms with Gasteiger partial charge in [0.1, 0.15) is 0 Å². The molecule has 0 aliphatic carbocycles. The zero-order valence-corrected chi connectivity index (χ0v) is 11.4. The van der Waals surface area contributed by atoms with Gasteiger partial charge < -0.3 is 10.2 Å². The Labute approximate surface area is 112 Å². The maximum absolute atomic E-state index is 9.41. The Kier molecular flexibility index (Phi) is 5.06. The number of allylic oxidation sites excluding steroid dienone is 1. The van der Waals surface area contributed by atoms with Gasteiger partial charge in [-0.3, -0.25) is 0 Å². The topological polar surface area (TPSA) is 66.2 Å². The Hall–Kier alpha value is -2.36. The van der Waals surface area contributed by atoms with E-state index in [0.717, 1.165) is 0 Å². The molecule has 0 saturated heterocycles. The summed E-state index contributed by atoms with van der Waals surface area (Å²) in [4.78, 5) is 8.69. The van der Waals surface area contributed by atoms with Gasteiger partial charge in [0.2, 0.25) is 0 Å². The molecule has 0 atom stereocenters. The third kappa shape index (κ3) is 3.10. The third-order valence-electron chi connectivity index (χ3n) is 2.37. The standard InChI is InChI=1S/C13H12N2O2.C2H6/c1-3-5-9-8(4-2)14-10-6-12(16)13(17)7-11(10)15-9;1-2/h3-7,16-17H,1H2,2H3;1-2H3/b8-4+,9-5+;. The van der Waals surface area contributed by atoms with E-state index in [9.17, 15) is 10.2 Å². The fraction of sp³-hybridized carbons (Fsp3) is 0.200. The van der Waals surface area contributed by atoms with E-state index in [2.05, 4.69) is 16.5 Å². The maximum Gasteiger partial charge on any atom is 0.159 e. The highest BCUT2D eigenvalue weighted by atomic mass is 16.3. The van der Waals surface area contributed by atoms with Crippen LogP contribution in [0.1, 0.15) is 20.8 Å². The molecule has 2 aromatic rings. The van der Waals surface area contributed by atoms with Crippen LogP contribution in [0.5, 0.6) is 11.5 Å². The summed E-state index contributed by atoms with van der Waals surface area (Å²) in [6.45, 7) is 9.47. The Bertz CT molecular complexity index is 706. The van der Waals surface area contributed by atoms with Gasteiger partial charge in [0.05, 0.1) is 21.7 Å². The van der Waals surface area contributed by atoms with E-state index in [-0.39, 0.29) is 11.5 Å². The number of fused-ring (bicyclic) bond motifs is 1. The first kappa shape index (κ1) is 14.7. The van der Waals surface area contributed by atoms with Crippen LogP contribution >= 0.6 is 0 Å². The largest absolute Gasteiger partial charge is 0.504 e. The van der Waals surface area contributed by atoms with Gasteiger partial charge in [0.15, 0.2) is 11.5 Å². The van der Waals surface area contributed by atoms with Crippen LogP contribution in [-0.4, -0.2) is 20.2 Å². The molecule has 19 heavy (non-hydrogen) atoms. The third-order valence-corrected chi connectivity index (χ3v) is 2.37. The minimum atomic E-state index is -0.204. The lowest BCUT2D eigenvalue weighted by Crippen LogP contribution is -2.30. The molecule has 4 nitrogen and oxygen atoms in total. The number of benzene rings is 1. The van der Waals surface area contributed by atoms with Crippen molar-refractivity contribution >= 4 is 23.2 Å². The van der Waals surface area contributed by atoms with E-state index in [1.165, 1.54) is 12.1 Å². The highest BCUT2D eigenvalue weighted by molar-refractivity contribution is 5.78. The average molecular weight is 258 g/mol. The number of phenols is 2. The molecule has 2 N–H and O–H groups in total. The monoisotopic (exact) mass is 258 g/mol. The van der Waals surface area contributed by atoms with E-state index in [1.807, 2.05) is 26.8 Å². The summed E-state index contributed by atoms with van der Waals surface area (Å²) in [7, 11) is 0. The molecule has 0 aliphatic rings. The number of hydrogen-bond acceptors (Lipinski definition) is 4. The van der Waals surface area contributed by atoms with Gasteiger partial charge in [-0.2, -0.15) is 0 Å². The Morgan fingerprint density at radius 2 is 1.47 bits per heavy atom. The summed E-state index contributed by atoms with van der Waals surface area (Å²) >= 11 is 0. The molecule has 1 aromatic carbocycles. The molecule has 0 radical (unpaired) electrons. The van der Waals surface area contributed by atoms with Crippen LogP contribution in [0.4, 0.5) is 0 Å². The molecular weight excluding hydrogens is 240 g/mol. The molecule has 4 heteroatoms. The van der Waals surface area contributed by atoms with Crippen LogP contribution in [0.3, 0.4) is 0 Å². The predicted octanol–water partition coefficient (Wildman–Crippen LogP) is 1.83. The fourth-order valence-electron chi connectivity index (χ4n) is 1.55. The van der Waals surface area contributed by atoms with E-state index < -0.39 is 0 Å². The van der Waals surface area contributed by atoms with Gasteiger partial charge in [-0.05, 0) is 13.0 Å². The van der Waals surface area contributed by atoms with Gasteiger partial charge in [-0.25, -0.2) is 9.97 Å². The van der Waals surface area contributed by atoms with E-state index >= 15 is 0 Å². The minimum Gasteiger partial charge on any atom is -0.504 e. The van der Waals surface area contributed by atoms with E-state index in [4.69, 9.17) is 0 Å². The summed E-state index contributed by atoms with van der Waals surface area (Å²) in [5.74, 6) is -0.404. The Balaban J connectivity index is 0.000000861. The summed E-state index contributed by atoms with van der Waals surface area (Å²) < 4.78 is 0. The van der Waals surface area contributed by atoms with Crippen LogP contribution in [0.25, 0.3) is 23.2 Å². The lowest BCUT2D eigenvalue weighted by molar-refractivity contribution is 0.404. The summed E-state index contributed by atoms with van der Waals surface area (Å²) in [5, 5.41) is 20.2. The molecule has 0 bridgehead atoms. The molecule has 0 fully saturated rings. The van der Waals surface area contributed by atoms with Crippen LogP contribution in [-0.2, 0) is 0 Å². The van der Waals surface area contributed by atoms with Gasteiger partial charge in [-0.1, -0.05) is 32.6 Å². The van der Waals surface area contributed by atoms with E-state index in [1.54, 1.807) is 12.2 Å². The highest BCUT2D eigenvalue weighted by Crippen LogP contribution is 2.27. The second-order valence-electron chi connectivity index (χ2n) is 3.51. The minimum absolute atomic E-state index is 0.200. The first-order chi connectivity index (χ1) is 9.15. The average Bonchev–Trinajstić information content (AvgIpc) is 2.42. The van der Waals surface area contributed by atoms with Crippen molar-refractivity contribution in [3.05, 3.63) is 35.5 Å². The molecule has 0 saturated carbocycles. The Morgan fingerprint density at radius 3 is 1.89 bits per heavy atom. The maximum atomic E-state index is 9.41. The van der Waals surface area contributed by atoms with Crippen molar-refractivity contribution in [2.45, 2.75) is 20.8 Å². The van der Waals surface area contributed by atoms with Crippen LogP contribution < -0.4 is 10.7 Å². The second-order valence-corrected chi connectivity index (χ2v) is 3.51. The van der Waals surface area contributed by atoms with Crippen LogP contribution in [0.2, 0.25) is 0 Å². The van der Waals surface area contributed by atoms with Crippen LogP contribution in [0.15, 0.2) is 24.8 Å². The number of aromatic nitrogens is 2. The molecule has 2 rings (SSSR count). The van der Waals surface area contributed by atoms with Gasteiger partial charge in [0.25, 0.3) is 0 Å². The Morgan fingerprint density at radius 1 is 1.00 bits per heavy atom. The molecule has 0 spiro atoms. The van der Waals surface area contributed by atoms with Crippen LogP contribution in [0, 0.1) is 0 Å². The second kappa shape index (κ2) is 6.54. The van der Waals surface area contributed by atoms with Gasteiger partial charge in [0, 0.05) is 12.1 Å². The highest BCUT2D eigenvalue weighted by Gasteiger charge is 2.04. The zero-order valence-electron chi connectivity index (χ0n) is 11.4. The lowest BCUT2D eigenvalue weighted by Gasteiger charge is -2.00. The van der Waals surface area contributed by atoms with Crippen molar-refractivity contribution < 1.29 is 10.2 Å². The number of nitrogens with zero attached hydrogens (tertiary/aromatic N) is 2. The summed E-state index contributed by atoms with van der Waals surface area (Å²) in [5.41, 5.74) is 1.06.